The molecule has 0 heterocycles. The van der Waals surface area contributed by atoms with Crippen molar-refractivity contribution in [2.45, 2.75) is 26.3 Å². The number of rotatable bonds is 10. The number of halogens is 1. The van der Waals surface area contributed by atoms with Gasteiger partial charge in [-0.25, -0.2) is 0 Å². The number of carbonyl (C=O) groups excluding carboxylic acids is 3. The Hall–Kier alpha value is -2.12. The molecule has 0 saturated carbocycles. The normalized spacial score (nSPS) is 11.5. The zero-order valence-corrected chi connectivity index (χ0v) is 15.2. The van der Waals surface area contributed by atoms with Gasteiger partial charge in [-0.2, -0.15) is 0 Å². The number of hydrogen-bond donors (Lipinski definition) is 3. The Bertz CT molecular complexity index is 578. The minimum absolute atomic E-state index is 0.197. The number of hydrogen-bond acceptors (Lipinski definition) is 4. The van der Waals surface area contributed by atoms with Crippen LogP contribution in [0.25, 0.3) is 0 Å². The van der Waals surface area contributed by atoms with Gasteiger partial charge >= 0.3 is 0 Å². The van der Waals surface area contributed by atoms with Crippen LogP contribution in [0.4, 0.5) is 0 Å². The molecular formula is C17H24ClN3O4. The van der Waals surface area contributed by atoms with Crippen LogP contribution in [0.2, 0.25) is 5.02 Å². The molecule has 0 spiro atoms. The van der Waals surface area contributed by atoms with Gasteiger partial charge in [-0.05, 0) is 31.0 Å². The minimum atomic E-state index is -0.870. The molecule has 7 nitrogen and oxygen atoms in total. The fourth-order valence-electron chi connectivity index (χ4n) is 2.00. The van der Waals surface area contributed by atoms with E-state index in [0.29, 0.717) is 36.8 Å². The zero-order valence-electron chi connectivity index (χ0n) is 14.4. The molecule has 1 aromatic rings. The van der Waals surface area contributed by atoms with E-state index in [-0.39, 0.29) is 18.4 Å². The molecule has 1 aromatic carbocycles. The van der Waals surface area contributed by atoms with E-state index in [4.69, 9.17) is 16.3 Å². The van der Waals surface area contributed by atoms with Crippen LogP contribution >= 0.6 is 11.6 Å². The number of amides is 3. The highest BCUT2D eigenvalue weighted by molar-refractivity contribution is 6.30. The zero-order chi connectivity index (χ0) is 18.7. The van der Waals surface area contributed by atoms with Crippen LogP contribution in [-0.4, -0.2) is 44.0 Å². The summed E-state index contributed by atoms with van der Waals surface area (Å²) < 4.78 is 5.22. The molecule has 3 N–H and O–H groups in total. The molecule has 25 heavy (non-hydrogen) atoms. The lowest BCUT2D eigenvalue weighted by atomic mass is 10.1. The molecule has 0 aliphatic rings. The summed E-state index contributed by atoms with van der Waals surface area (Å²) in [6.07, 6.45) is 0.673. The maximum Gasteiger partial charge on any atom is 0.247 e. The molecular weight excluding hydrogens is 346 g/mol. The number of nitrogens with one attached hydrogen (secondary N) is 3. The Morgan fingerprint density at radius 3 is 2.44 bits per heavy atom. The van der Waals surface area contributed by atoms with Crippen LogP contribution in [0.3, 0.4) is 0 Å². The quantitative estimate of drug-likeness (QED) is 0.539. The number of ether oxygens (including phenoxy) is 1. The minimum Gasteiger partial charge on any atom is -0.382 e. The van der Waals surface area contributed by atoms with Gasteiger partial charge in [-0.15, -0.1) is 0 Å². The third-order valence-electron chi connectivity index (χ3n) is 3.24. The first-order valence-electron chi connectivity index (χ1n) is 8.08. The molecule has 0 unspecified atom stereocenters. The lowest BCUT2D eigenvalue weighted by molar-refractivity contribution is -0.129. The van der Waals surface area contributed by atoms with Crippen molar-refractivity contribution in [3.63, 3.8) is 0 Å². The van der Waals surface area contributed by atoms with Gasteiger partial charge in [-0.3, -0.25) is 14.4 Å². The molecule has 1 rings (SSSR count). The highest BCUT2D eigenvalue weighted by Crippen LogP contribution is 2.17. The third-order valence-corrected chi connectivity index (χ3v) is 3.49. The summed E-state index contributed by atoms with van der Waals surface area (Å²) in [5.74, 6) is -1.12. The summed E-state index contributed by atoms with van der Waals surface area (Å²) in [7, 11) is 0. The molecule has 8 heteroatoms. The van der Waals surface area contributed by atoms with E-state index in [1.165, 1.54) is 6.92 Å². The van der Waals surface area contributed by atoms with E-state index in [1.807, 2.05) is 6.92 Å². The Kier molecular flexibility index (Phi) is 9.57. The van der Waals surface area contributed by atoms with Crippen LogP contribution in [0.5, 0.6) is 0 Å². The number of carbonyl (C=O) groups is 3. The second kappa shape index (κ2) is 11.4. The van der Waals surface area contributed by atoms with Crippen molar-refractivity contribution < 1.29 is 19.1 Å². The average molecular weight is 370 g/mol. The molecule has 3 amide bonds. The first kappa shape index (κ1) is 20.9. The molecule has 0 saturated heterocycles. The van der Waals surface area contributed by atoms with Gasteiger partial charge in [0.2, 0.25) is 17.7 Å². The summed E-state index contributed by atoms with van der Waals surface area (Å²) in [5.41, 5.74) is 0.600. The number of benzene rings is 1. The van der Waals surface area contributed by atoms with Gasteiger partial charge in [0.25, 0.3) is 0 Å². The maximum atomic E-state index is 12.4. The smallest absolute Gasteiger partial charge is 0.247 e. The molecule has 0 aliphatic heterocycles. The van der Waals surface area contributed by atoms with E-state index < -0.39 is 11.9 Å². The van der Waals surface area contributed by atoms with Crippen LogP contribution in [0, 0.1) is 0 Å². The maximum absolute atomic E-state index is 12.4. The SMILES string of the molecule is CCOCCCNC(=O)[C@H](NC(=O)CNC(C)=O)c1ccc(Cl)cc1. The molecule has 0 bridgehead atoms. The van der Waals surface area contributed by atoms with Crippen LogP contribution in [0.1, 0.15) is 31.9 Å². The van der Waals surface area contributed by atoms with Gasteiger partial charge in [-0.1, -0.05) is 23.7 Å². The van der Waals surface area contributed by atoms with Gasteiger partial charge < -0.3 is 20.7 Å². The van der Waals surface area contributed by atoms with Gasteiger partial charge in [0.05, 0.1) is 6.54 Å². The summed E-state index contributed by atoms with van der Waals surface area (Å²) in [5, 5.41) is 8.32. The molecule has 0 fully saturated rings. The van der Waals surface area contributed by atoms with Crippen LogP contribution in [0.15, 0.2) is 24.3 Å². The molecule has 138 valence electrons. The molecule has 0 aliphatic carbocycles. The Morgan fingerprint density at radius 1 is 1.16 bits per heavy atom. The van der Waals surface area contributed by atoms with E-state index >= 15 is 0 Å². The van der Waals surface area contributed by atoms with Crippen molar-refractivity contribution in [1.82, 2.24) is 16.0 Å². The highest BCUT2D eigenvalue weighted by atomic mass is 35.5. The van der Waals surface area contributed by atoms with E-state index in [1.54, 1.807) is 24.3 Å². The second-order valence-corrected chi connectivity index (χ2v) is 5.74. The standard InChI is InChI=1S/C17H24ClN3O4/c1-3-25-10-4-9-19-17(24)16(13-5-7-14(18)8-6-13)21-15(23)11-20-12(2)22/h5-8,16H,3-4,9-11H2,1-2H3,(H,19,24)(H,20,22)(H,21,23)/t16-/m1/s1. The van der Waals surface area contributed by atoms with Gasteiger partial charge in [0.15, 0.2) is 0 Å². The predicted molar refractivity (Wildman–Crippen MR) is 95.1 cm³/mol. The first-order chi connectivity index (χ1) is 11.9. The van der Waals surface area contributed by atoms with E-state index in [0.717, 1.165) is 0 Å². The Labute approximate surface area is 152 Å². The second-order valence-electron chi connectivity index (χ2n) is 5.30. The molecule has 1 atom stereocenters. The lowest BCUT2D eigenvalue weighted by Crippen LogP contribution is -2.44. The van der Waals surface area contributed by atoms with Crippen molar-refractivity contribution >= 4 is 29.3 Å². The monoisotopic (exact) mass is 369 g/mol. The molecule has 0 aromatic heterocycles. The van der Waals surface area contributed by atoms with Crippen LogP contribution in [-0.2, 0) is 19.1 Å². The predicted octanol–water partition coefficient (Wildman–Crippen LogP) is 1.18. The summed E-state index contributed by atoms with van der Waals surface area (Å²) in [6, 6.07) is 5.76. The summed E-state index contributed by atoms with van der Waals surface area (Å²) >= 11 is 5.87. The summed E-state index contributed by atoms with van der Waals surface area (Å²) in [6.45, 7) is 4.63. The summed E-state index contributed by atoms with van der Waals surface area (Å²) in [4.78, 5) is 35.3. The highest BCUT2D eigenvalue weighted by Gasteiger charge is 2.22. The van der Waals surface area contributed by atoms with Crippen molar-refractivity contribution in [3.05, 3.63) is 34.9 Å². The fraction of sp³-hybridized carbons (Fsp3) is 0.471. The Morgan fingerprint density at radius 2 is 1.84 bits per heavy atom. The topological polar surface area (TPSA) is 96.5 Å². The third kappa shape index (κ3) is 8.51. The van der Waals surface area contributed by atoms with E-state index in [9.17, 15) is 14.4 Å². The molecule has 0 radical (unpaired) electrons. The van der Waals surface area contributed by atoms with Gasteiger partial charge in [0.1, 0.15) is 6.04 Å². The average Bonchev–Trinajstić information content (AvgIpc) is 2.58. The van der Waals surface area contributed by atoms with Crippen LogP contribution < -0.4 is 16.0 Å². The van der Waals surface area contributed by atoms with E-state index in [2.05, 4.69) is 16.0 Å². The van der Waals surface area contributed by atoms with Crippen molar-refractivity contribution in [2.75, 3.05) is 26.3 Å². The van der Waals surface area contributed by atoms with Crippen molar-refractivity contribution in [2.24, 2.45) is 0 Å². The van der Waals surface area contributed by atoms with Crippen molar-refractivity contribution in [3.8, 4) is 0 Å². The fourth-order valence-corrected chi connectivity index (χ4v) is 2.13. The Balaban J connectivity index is 2.70. The largest absolute Gasteiger partial charge is 0.382 e. The lowest BCUT2D eigenvalue weighted by Gasteiger charge is -2.19. The van der Waals surface area contributed by atoms with Crippen molar-refractivity contribution in [1.29, 1.82) is 0 Å². The van der Waals surface area contributed by atoms with Gasteiger partial charge in [0, 0.05) is 31.7 Å². The first-order valence-corrected chi connectivity index (χ1v) is 8.46.